The summed E-state index contributed by atoms with van der Waals surface area (Å²) in [4.78, 5) is 8.54. The second-order valence-corrected chi connectivity index (χ2v) is 8.93. The molecule has 1 atom stereocenters. The van der Waals surface area contributed by atoms with Crippen LogP contribution in [0.25, 0.3) is 0 Å². The molecule has 0 N–H and O–H groups in total. The third-order valence-electron chi connectivity index (χ3n) is 5.94. The summed E-state index contributed by atoms with van der Waals surface area (Å²) >= 11 is 3.31. The van der Waals surface area contributed by atoms with Gasteiger partial charge in [0.1, 0.15) is 6.07 Å². The Balaban J connectivity index is 0.000000170. The van der Waals surface area contributed by atoms with Gasteiger partial charge in [-0.2, -0.15) is 5.26 Å². The van der Waals surface area contributed by atoms with Crippen LogP contribution in [0.2, 0.25) is 0 Å². The van der Waals surface area contributed by atoms with Gasteiger partial charge in [-0.05, 0) is 78.2 Å². The molecule has 1 saturated heterocycles. The minimum absolute atomic E-state index is 0.209. The summed E-state index contributed by atoms with van der Waals surface area (Å²) in [6.07, 6.45) is 14.6. The first-order valence-corrected chi connectivity index (χ1v) is 11.5. The smallest absolute Gasteiger partial charge is 0.154 e. The quantitative estimate of drug-likeness (QED) is 0.538. The van der Waals surface area contributed by atoms with E-state index in [1.54, 1.807) is 6.20 Å². The molecular formula is C24H30BrN3O. The Bertz CT molecular complexity index is 813. The lowest BCUT2D eigenvalue weighted by molar-refractivity contribution is -0.0809. The van der Waals surface area contributed by atoms with E-state index in [0.29, 0.717) is 11.6 Å². The molecule has 0 aromatic carbocycles. The Kier molecular flexibility index (Phi) is 8.20. The summed E-state index contributed by atoms with van der Waals surface area (Å²) in [5, 5.41) is 8.64. The van der Waals surface area contributed by atoms with Crippen molar-refractivity contribution in [3.8, 4) is 6.07 Å². The third-order valence-corrected chi connectivity index (χ3v) is 6.54. The molecule has 0 bridgehead atoms. The predicted octanol–water partition coefficient (Wildman–Crippen LogP) is 6.35. The maximum Gasteiger partial charge on any atom is 0.154 e. The Labute approximate surface area is 182 Å². The maximum atomic E-state index is 8.64. The number of pyridine rings is 2. The normalized spacial score (nSPS) is 20.0. The van der Waals surface area contributed by atoms with Gasteiger partial charge in [0.2, 0.25) is 0 Å². The predicted molar refractivity (Wildman–Crippen MR) is 119 cm³/mol. The fraction of sp³-hybridized carbons (Fsp3) is 0.542. The summed E-state index contributed by atoms with van der Waals surface area (Å²) in [5.41, 5.74) is 3.12. The topological polar surface area (TPSA) is 58.8 Å². The molecule has 29 heavy (non-hydrogen) atoms. The van der Waals surface area contributed by atoms with Gasteiger partial charge in [-0.3, -0.25) is 4.98 Å². The van der Waals surface area contributed by atoms with Gasteiger partial charge >= 0.3 is 0 Å². The molecule has 1 aliphatic carbocycles. The lowest BCUT2D eigenvalue weighted by atomic mass is 9.83. The average Bonchev–Trinajstić information content (AvgIpc) is 3.21. The zero-order valence-corrected chi connectivity index (χ0v) is 18.8. The summed E-state index contributed by atoms with van der Waals surface area (Å²) in [7, 11) is 0. The number of rotatable bonds is 4. The van der Waals surface area contributed by atoms with Crippen LogP contribution in [0.3, 0.4) is 0 Å². The maximum absolute atomic E-state index is 8.64. The van der Waals surface area contributed by atoms with E-state index in [2.05, 4.69) is 45.0 Å². The molecule has 4 rings (SSSR count). The summed E-state index contributed by atoms with van der Waals surface area (Å²) in [5.74, 6) is 0.619. The molecule has 3 heterocycles. The van der Waals surface area contributed by atoms with Crippen molar-refractivity contribution >= 4 is 15.9 Å². The van der Waals surface area contributed by atoms with Gasteiger partial charge in [-0.25, -0.2) is 4.98 Å². The van der Waals surface area contributed by atoms with Gasteiger partial charge in [0.15, 0.2) is 5.69 Å². The van der Waals surface area contributed by atoms with Gasteiger partial charge in [0, 0.05) is 30.6 Å². The van der Waals surface area contributed by atoms with Crippen LogP contribution in [0, 0.1) is 11.3 Å². The molecule has 2 aromatic rings. The van der Waals surface area contributed by atoms with Gasteiger partial charge in [0.25, 0.3) is 0 Å². The monoisotopic (exact) mass is 455 g/mol. The van der Waals surface area contributed by atoms with Crippen LogP contribution in [0.4, 0.5) is 0 Å². The number of ether oxygens (including phenoxy) is 1. The standard InChI is InChI=1S/C14H19NO.C10H11BrN2/c1-4-9-15-13(5-1)12-6-10-16-14(11-12)7-2-3-8-14;1-2-3-4-8-5-9(11)10(6-12)13-7-8/h1,4-5,9,12H,2-3,6-8,10-11H2;5,7H,2-4H2,1H3/t12-;/m1./s1. The van der Waals surface area contributed by atoms with Crippen molar-refractivity contribution in [3.63, 3.8) is 0 Å². The molecule has 1 saturated carbocycles. The molecule has 2 aliphatic rings. The Morgan fingerprint density at radius 1 is 1.28 bits per heavy atom. The van der Waals surface area contributed by atoms with E-state index in [4.69, 9.17) is 10.00 Å². The van der Waals surface area contributed by atoms with Crippen molar-refractivity contribution in [3.05, 3.63) is 58.1 Å². The zero-order chi connectivity index (χ0) is 20.5. The van der Waals surface area contributed by atoms with Crippen molar-refractivity contribution in [2.75, 3.05) is 6.61 Å². The molecule has 5 heteroatoms. The Hall–Kier alpha value is -1.77. The van der Waals surface area contributed by atoms with Crippen molar-refractivity contribution < 1.29 is 4.74 Å². The van der Waals surface area contributed by atoms with Gasteiger partial charge in [0.05, 0.1) is 10.1 Å². The van der Waals surface area contributed by atoms with Crippen LogP contribution in [0.15, 0.2) is 41.1 Å². The zero-order valence-electron chi connectivity index (χ0n) is 17.2. The number of hydrogen-bond acceptors (Lipinski definition) is 4. The molecule has 154 valence electrons. The Morgan fingerprint density at radius 2 is 2.10 bits per heavy atom. The van der Waals surface area contributed by atoms with Crippen LogP contribution >= 0.6 is 15.9 Å². The molecule has 0 amide bonds. The number of halogens is 1. The van der Waals surface area contributed by atoms with Crippen molar-refractivity contribution in [2.45, 2.75) is 76.2 Å². The highest BCUT2D eigenvalue weighted by Gasteiger charge is 2.40. The first kappa shape index (κ1) is 21.9. The Morgan fingerprint density at radius 3 is 2.76 bits per heavy atom. The number of aryl methyl sites for hydroxylation is 1. The molecular weight excluding hydrogens is 426 g/mol. The van der Waals surface area contributed by atoms with Crippen LogP contribution in [0.5, 0.6) is 0 Å². The number of nitriles is 1. The second kappa shape index (κ2) is 10.8. The summed E-state index contributed by atoms with van der Waals surface area (Å²) in [6.45, 7) is 3.08. The van der Waals surface area contributed by atoms with Crippen LogP contribution in [-0.2, 0) is 11.2 Å². The van der Waals surface area contributed by atoms with Crippen molar-refractivity contribution in [1.82, 2.24) is 9.97 Å². The molecule has 2 fully saturated rings. The van der Waals surface area contributed by atoms with Crippen LogP contribution in [0.1, 0.15) is 81.2 Å². The summed E-state index contributed by atoms with van der Waals surface area (Å²) in [6, 6.07) is 10.2. The fourth-order valence-electron chi connectivity index (χ4n) is 4.34. The van der Waals surface area contributed by atoms with Gasteiger partial charge < -0.3 is 4.74 Å². The van der Waals surface area contributed by atoms with Crippen molar-refractivity contribution in [1.29, 1.82) is 5.26 Å². The number of aromatic nitrogens is 2. The minimum atomic E-state index is 0.209. The number of nitrogens with zero attached hydrogens (tertiary/aromatic N) is 3. The van der Waals surface area contributed by atoms with E-state index < -0.39 is 0 Å². The highest BCUT2D eigenvalue weighted by molar-refractivity contribution is 9.10. The fourth-order valence-corrected chi connectivity index (χ4v) is 4.83. The average molecular weight is 456 g/mol. The number of unbranched alkanes of at least 4 members (excludes halogenated alkanes) is 1. The van der Waals surface area contributed by atoms with E-state index in [1.807, 2.05) is 24.4 Å². The first-order valence-electron chi connectivity index (χ1n) is 10.8. The van der Waals surface area contributed by atoms with E-state index in [1.165, 1.54) is 56.2 Å². The largest absolute Gasteiger partial charge is 0.375 e. The lowest BCUT2D eigenvalue weighted by Gasteiger charge is -2.38. The summed E-state index contributed by atoms with van der Waals surface area (Å²) < 4.78 is 6.85. The third kappa shape index (κ3) is 6.10. The van der Waals surface area contributed by atoms with E-state index in [9.17, 15) is 0 Å². The highest BCUT2D eigenvalue weighted by atomic mass is 79.9. The lowest BCUT2D eigenvalue weighted by Crippen LogP contribution is -2.36. The number of hydrogen-bond donors (Lipinski definition) is 0. The SMILES string of the molecule is CCCCc1cnc(C#N)c(Br)c1.c1ccc([C@@H]2CCOC3(CCCC3)C2)nc1. The van der Waals surface area contributed by atoms with E-state index in [-0.39, 0.29) is 5.60 Å². The second-order valence-electron chi connectivity index (χ2n) is 8.07. The van der Waals surface area contributed by atoms with E-state index in [0.717, 1.165) is 23.9 Å². The van der Waals surface area contributed by atoms with Gasteiger partial charge in [-0.1, -0.05) is 32.3 Å². The molecule has 0 unspecified atom stereocenters. The van der Waals surface area contributed by atoms with Gasteiger partial charge in [-0.15, -0.1) is 0 Å². The van der Waals surface area contributed by atoms with E-state index >= 15 is 0 Å². The molecule has 1 aliphatic heterocycles. The molecule has 2 aromatic heterocycles. The highest BCUT2D eigenvalue weighted by Crippen LogP contribution is 2.44. The first-order chi connectivity index (χ1) is 14.2. The minimum Gasteiger partial charge on any atom is -0.375 e. The van der Waals surface area contributed by atoms with Crippen molar-refractivity contribution in [2.24, 2.45) is 0 Å². The van der Waals surface area contributed by atoms with Crippen LogP contribution < -0.4 is 0 Å². The molecule has 4 nitrogen and oxygen atoms in total. The molecule has 0 radical (unpaired) electrons. The van der Waals surface area contributed by atoms with Crippen LogP contribution in [-0.4, -0.2) is 22.2 Å². The molecule has 1 spiro atoms.